The molecule has 4 rings (SSSR count). The van der Waals surface area contributed by atoms with E-state index in [0.29, 0.717) is 18.3 Å². The van der Waals surface area contributed by atoms with Crippen LogP contribution in [-0.2, 0) is 0 Å². The molecule has 1 aliphatic heterocycles. The Hall–Kier alpha value is -2.99. The number of nitrogens with zero attached hydrogens (tertiary/aromatic N) is 3. The quantitative estimate of drug-likeness (QED) is 0.733. The number of rotatable bonds is 5. The lowest BCUT2D eigenvalue weighted by Gasteiger charge is -2.22. The van der Waals surface area contributed by atoms with Crippen molar-refractivity contribution in [2.45, 2.75) is 12.8 Å². The number of aromatic nitrogens is 3. The van der Waals surface area contributed by atoms with E-state index in [0.717, 1.165) is 37.2 Å². The first-order valence-corrected chi connectivity index (χ1v) is 9.38. The second-order valence-electron chi connectivity index (χ2n) is 6.79. The topological polar surface area (TPSA) is 71.8 Å². The average molecular weight is 361 g/mol. The van der Waals surface area contributed by atoms with Crippen molar-refractivity contribution in [3.63, 3.8) is 0 Å². The minimum Gasteiger partial charge on any atom is -0.349 e. The SMILES string of the molecule is O=C(NCC1CCCNC1)c1nc(-c2ccccc2)n(-c2ccccc2)n1. The molecule has 1 atom stereocenters. The fourth-order valence-corrected chi connectivity index (χ4v) is 3.35. The zero-order valence-corrected chi connectivity index (χ0v) is 15.1. The second-order valence-corrected chi connectivity index (χ2v) is 6.79. The summed E-state index contributed by atoms with van der Waals surface area (Å²) in [6.45, 7) is 2.65. The number of benzene rings is 2. The Morgan fingerprint density at radius 3 is 2.56 bits per heavy atom. The second kappa shape index (κ2) is 8.14. The standard InChI is InChI=1S/C21H23N5O/c27-21(23-15-16-8-7-13-22-14-16)19-24-20(17-9-3-1-4-10-17)26(25-19)18-11-5-2-6-12-18/h1-6,9-12,16,22H,7-8,13-15H2,(H,23,27). The highest BCUT2D eigenvalue weighted by Crippen LogP contribution is 2.21. The van der Waals surface area contributed by atoms with Gasteiger partial charge in [-0.2, -0.15) is 0 Å². The summed E-state index contributed by atoms with van der Waals surface area (Å²) in [5.41, 5.74) is 1.80. The third-order valence-corrected chi connectivity index (χ3v) is 4.79. The normalized spacial score (nSPS) is 16.8. The van der Waals surface area contributed by atoms with Gasteiger partial charge in [-0.3, -0.25) is 4.79 Å². The van der Waals surface area contributed by atoms with Crippen LogP contribution < -0.4 is 10.6 Å². The molecule has 6 nitrogen and oxygen atoms in total. The van der Waals surface area contributed by atoms with Crippen molar-refractivity contribution < 1.29 is 4.79 Å². The summed E-state index contributed by atoms with van der Waals surface area (Å²) in [5.74, 6) is 1.09. The van der Waals surface area contributed by atoms with Crippen LogP contribution in [0.3, 0.4) is 0 Å². The minimum atomic E-state index is -0.229. The lowest BCUT2D eigenvalue weighted by Crippen LogP contribution is -2.38. The van der Waals surface area contributed by atoms with Gasteiger partial charge in [0.15, 0.2) is 5.82 Å². The first kappa shape index (κ1) is 17.4. The molecular weight excluding hydrogens is 338 g/mol. The largest absolute Gasteiger partial charge is 0.349 e. The van der Waals surface area contributed by atoms with Gasteiger partial charge in [-0.15, -0.1) is 5.10 Å². The third kappa shape index (κ3) is 4.06. The van der Waals surface area contributed by atoms with Crippen molar-refractivity contribution in [2.24, 2.45) is 5.92 Å². The first-order valence-electron chi connectivity index (χ1n) is 9.38. The zero-order chi connectivity index (χ0) is 18.5. The first-order chi connectivity index (χ1) is 13.3. The van der Waals surface area contributed by atoms with E-state index in [1.54, 1.807) is 4.68 Å². The molecule has 138 valence electrons. The maximum Gasteiger partial charge on any atom is 0.291 e. The molecule has 2 aromatic carbocycles. The lowest BCUT2D eigenvalue weighted by molar-refractivity contribution is 0.0934. The van der Waals surface area contributed by atoms with Crippen LogP contribution in [0, 0.1) is 5.92 Å². The van der Waals surface area contributed by atoms with Crippen LogP contribution in [0.15, 0.2) is 60.7 Å². The number of carbonyl (C=O) groups is 1. The summed E-state index contributed by atoms with van der Waals surface area (Å²) in [6.07, 6.45) is 2.29. The Kier molecular flexibility index (Phi) is 5.25. The molecule has 0 saturated carbocycles. The molecule has 0 spiro atoms. The fourth-order valence-electron chi connectivity index (χ4n) is 3.35. The van der Waals surface area contributed by atoms with Crippen LogP contribution in [0.1, 0.15) is 23.5 Å². The molecule has 1 unspecified atom stereocenters. The highest BCUT2D eigenvalue weighted by molar-refractivity contribution is 5.91. The molecule has 1 amide bonds. The van der Waals surface area contributed by atoms with Crippen molar-refractivity contribution in [3.8, 4) is 17.1 Å². The van der Waals surface area contributed by atoms with Gasteiger partial charge in [-0.1, -0.05) is 48.5 Å². The average Bonchev–Trinajstić information content (AvgIpc) is 3.20. The molecule has 1 aromatic heterocycles. The van der Waals surface area contributed by atoms with Gasteiger partial charge >= 0.3 is 0 Å². The lowest BCUT2D eigenvalue weighted by atomic mass is 10.00. The van der Waals surface area contributed by atoms with Crippen molar-refractivity contribution in [3.05, 3.63) is 66.5 Å². The van der Waals surface area contributed by atoms with Crippen LogP contribution in [0.5, 0.6) is 0 Å². The van der Waals surface area contributed by atoms with Crippen molar-refractivity contribution in [1.82, 2.24) is 25.4 Å². The van der Waals surface area contributed by atoms with Crippen molar-refractivity contribution >= 4 is 5.91 Å². The van der Waals surface area contributed by atoms with Gasteiger partial charge in [0.1, 0.15) is 0 Å². The Balaban J connectivity index is 1.60. The number of carbonyl (C=O) groups excluding carboxylic acids is 1. The molecule has 6 heteroatoms. The molecule has 1 saturated heterocycles. The van der Waals surface area contributed by atoms with Crippen molar-refractivity contribution in [1.29, 1.82) is 0 Å². The number of hydrogen-bond donors (Lipinski definition) is 2. The van der Waals surface area contributed by atoms with E-state index in [1.807, 2.05) is 60.7 Å². The highest BCUT2D eigenvalue weighted by atomic mass is 16.2. The Bertz CT molecular complexity index is 828. The van der Waals surface area contributed by atoms with E-state index in [2.05, 4.69) is 20.7 Å². The van der Waals surface area contributed by atoms with Crippen molar-refractivity contribution in [2.75, 3.05) is 19.6 Å². The predicted molar refractivity (Wildman–Crippen MR) is 105 cm³/mol. The maximum atomic E-state index is 12.6. The molecule has 27 heavy (non-hydrogen) atoms. The molecule has 0 radical (unpaired) electrons. The van der Waals surface area contributed by atoms with E-state index in [-0.39, 0.29) is 11.7 Å². The highest BCUT2D eigenvalue weighted by Gasteiger charge is 2.20. The number of nitrogens with one attached hydrogen (secondary N) is 2. The van der Waals surface area contributed by atoms with Crippen LogP contribution in [0.4, 0.5) is 0 Å². The van der Waals surface area contributed by atoms with Crippen LogP contribution in [0.25, 0.3) is 17.1 Å². The van der Waals surface area contributed by atoms with Gasteiger partial charge in [0.2, 0.25) is 5.82 Å². The van der Waals surface area contributed by atoms with Crippen LogP contribution in [-0.4, -0.2) is 40.3 Å². The minimum absolute atomic E-state index is 0.196. The summed E-state index contributed by atoms with van der Waals surface area (Å²) in [5, 5.41) is 10.9. The van der Waals surface area contributed by atoms with Gasteiger partial charge in [-0.05, 0) is 44.0 Å². The van der Waals surface area contributed by atoms with E-state index in [4.69, 9.17) is 0 Å². The molecule has 1 fully saturated rings. The van der Waals surface area contributed by atoms with E-state index in [9.17, 15) is 4.79 Å². The van der Waals surface area contributed by atoms with E-state index >= 15 is 0 Å². The summed E-state index contributed by atoms with van der Waals surface area (Å²) in [6, 6.07) is 19.6. The maximum absolute atomic E-state index is 12.6. The van der Waals surface area contributed by atoms with Gasteiger partial charge in [-0.25, -0.2) is 9.67 Å². The number of hydrogen-bond acceptors (Lipinski definition) is 4. The monoisotopic (exact) mass is 361 g/mol. The van der Waals surface area contributed by atoms with Gasteiger partial charge in [0.25, 0.3) is 5.91 Å². The number of piperidine rings is 1. The smallest absolute Gasteiger partial charge is 0.291 e. The van der Waals surface area contributed by atoms with Crippen LogP contribution >= 0.6 is 0 Å². The van der Waals surface area contributed by atoms with Gasteiger partial charge < -0.3 is 10.6 Å². The van der Waals surface area contributed by atoms with E-state index in [1.165, 1.54) is 0 Å². The molecule has 0 aliphatic carbocycles. The molecule has 1 aliphatic rings. The Labute approximate surface area is 158 Å². The summed E-state index contributed by atoms with van der Waals surface area (Å²) >= 11 is 0. The fraction of sp³-hybridized carbons (Fsp3) is 0.286. The molecule has 3 aromatic rings. The molecular formula is C21H23N5O. The summed E-state index contributed by atoms with van der Waals surface area (Å²) in [7, 11) is 0. The molecule has 2 N–H and O–H groups in total. The summed E-state index contributed by atoms with van der Waals surface area (Å²) in [4.78, 5) is 17.2. The van der Waals surface area contributed by atoms with Crippen LogP contribution in [0.2, 0.25) is 0 Å². The van der Waals surface area contributed by atoms with Gasteiger partial charge in [0, 0.05) is 12.1 Å². The van der Waals surface area contributed by atoms with E-state index < -0.39 is 0 Å². The summed E-state index contributed by atoms with van der Waals surface area (Å²) < 4.78 is 1.73. The molecule has 2 heterocycles. The number of amides is 1. The predicted octanol–water partition coefficient (Wildman–Crippen LogP) is 2.66. The number of para-hydroxylation sites is 1. The van der Waals surface area contributed by atoms with Gasteiger partial charge in [0.05, 0.1) is 5.69 Å². The Morgan fingerprint density at radius 2 is 1.85 bits per heavy atom. The molecule has 0 bridgehead atoms. The third-order valence-electron chi connectivity index (χ3n) is 4.79. The zero-order valence-electron chi connectivity index (χ0n) is 15.1. The Morgan fingerprint density at radius 1 is 1.11 bits per heavy atom.